The van der Waals surface area contributed by atoms with Gasteiger partial charge < -0.3 is 9.32 Å². The van der Waals surface area contributed by atoms with Crippen LogP contribution in [0.15, 0.2) is 65.6 Å². The highest BCUT2D eigenvalue weighted by Gasteiger charge is 2.31. The second-order valence-electron chi connectivity index (χ2n) is 7.91. The molecular formula is C24H18F3N5O2. The number of hydrogen-bond donors (Lipinski definition) is 0. The van der Waals surface area contributed by atoms with E-state index in [0.29, 0.717) is 47.6 Å². The first kappa shape index (κ1) is 21.7. The maximum Gasteiger partial charge on any atom is 0.416 e. The topological polar surface area (TPSA) is 85.0 Å². The minimum Gasteiger partial charge on any atom is -0.418 e. The van der Waals surface area contributed by atoms with Gasteiger partial charge in [-0.1, -0.05) is 36.9 Å². The maximum atomic E-state index is 13.0. The largest absolute Gasteiger partial charge is 0.418 e. The number of rotatable bonds is 4. The zero-order chi connectivity index (χ0) is 23.9. The fraction of sp³-hybridized carbons (Fsp3) is 0.208. The molecule has 1 aliphatic heterocycles. The molecule has 1 atom stereocenters. The first-order valence-electron chi connectivity index (χ1n) is 10.5. The molecule has 4 aromatic rings. The summed E-state index contributed by atoms with van der Waals surface area (Å²) in [5.74, 6) is 0.384. The number of halogens is 3. The lowest BCUT2D eigenvalue weighted by molar-refractivity contribution is -0.137. The van der Waals surface area contributed by atoms with E-state index in [0.717, 1.165) is 12.1 Å². The molecule has 0 spiro atoms. The third-order valence-corrected chi connectivity index (χ3v) is 5.74. The summed E-state index contributed by atoms with van der Waals surface area (Å²) in [5.41, 5.74) is 0.808. The van der Waals surface area contributed by atoms with Crippen LogP contribution in [0.1, 0.15) is 23.8 Å². The molecule has 2 aromatic carbocycles. The van der Waals surface area contributed by atoms with Gasteiger partial charge >= 0.3 is 6.18 Å². The Morgan fingerprint density at radius 2 is 1.85 bits per heavy atom. The zero-order valence-corrected chi connectivity index (χ0v) is 17.8. The molecule has 10 heteroatoms. The predicted molar refractivity (Wildman–Crippen MR) is 117 cm³/mol. The Bertz CT molecular complexity index is 1380. The number of likely N-dealkylation sites (tertiary alicyclic amines) is 1. The van der Waals surface area contributed by atoms with Crippen molar-refractivity contribution in [3.63, 3.8) is 0 Å². The van der Waals surface area contributed by atoms with Crippen molar-refractivity contribution < 1.29 is 22.4 Å². The van der Waals surface area contributed by atoms with Crippen molar-refractivity contribution in [3.05, 3.63) is 72.6 Å². The monoisotopic (exact) mass is 465 g/mol. The van der Waals surface area contributed by atoms with Crippen molar-refractivity contribution in [2.24, 2.45) is 0 Å². The number of fused-ring (bicyclic) bond motifs is 1. The zero-order valence-electron chi connectivity index (χ0n) is 17.8. The van der Waals surface area contributed by atoms with Gasteiger partial charge in [-0.25, -0.2) is 9.97 Å². The van der Waals surface area contributed by atoms with Crippen LogP contribution >= 0.6 is 0 Å². The van der Waals surface area contributed by atoms with Gasteiger partial charge in [0, 0.05) is 24.0 Å². The number of carbonyl (C=O) groups is 1. The lowest BCUT2D eigenvalue weighted by Crippen LogP contribution is -2.26. The average Bonchev–Trinajstić information content (AvgIpc) is 3.52. The van der Waals surface area contributed by atoms with Crippen LogP contribution in [0, 0.1) is 0 Å². The smallest absolute Gasteiger partial charge is 0.416 e. The van der Waals surface area contributed by atoms with Gasteiger partial charge in [-0.15, -0.1) is 10.2 Å². The van der Waals surface area contributed by atoms with Gasteiger partial charge in [-0.3, -0.25) is 4.79 Å². The molecule has 7 nitrogen and oxygen atoms in total. The van der Waals surface area contributed by atoms with E-state index in [9.17, 15) is 18.0 Å². The first-order chi connectivity index (χ1) is 16.3. The summed E-state index contributed by atoms with van der Waals surface area (Å²) >= 11 is 0. The Hall–Kier alpha value is -4.08. The molecule has 1 saturated heterocycles. The van der Waals surface area contributed by atoms with Crippen LogP contribution in [-0.4, -0.2) is 44.1 Å². The lowest BCUT2D eigenvalue weighted by Gasteiger charge is -2.12. The summed E-state index contributed by atoms with van der Waals surface area (Å²) in [6.45, 7) is 4.52. The van der Waals surface area contributed by atoms with Crippen molar-refractivity contribution in [1.29, 1.82) is 0 Å². The van der Waals surface area contributed by atoms with Crippen molar-refractivity contribution in [2.45, 2.75) is 18.5 Å². The molecule has 0 radical (unpaired) electrons. The first-order valence-corrected chi connectivity index (χ1v) is 10.5. The summed E-state index contributed by atoms with van der Waals surface area (Å²) in [5, 5.41) is 8.91. The summed E-state index contributed by atoms with van der Waals surface area (Å²) < 4.78 is 44.9. The third-order valence-electron chi connectivity index (χ3n) is 5.74. The van der Waals surface area contributed by atoms with Gasteiger partial charge in [0.15, 0.2) is 0 Å². The van der Waals surface area contributed by atoms with Crippen LogP contribution in [0.4, 0.5) is 13.2 Å². The predicted octanol–water partition coefficient (Wildman–Crippen LogP) is 4.87. The third kappa shape index (κ3) is 4.02. The van der Waals surface area contributed by atoms with Crippen molar-refractivity contribution >= 4 is 16.8 Å². The summed E-state index contributed by atoms with van der Waals surface area (Å²) in [7, 11) is 0. The van der Waals surface area contributed by atoms with Crippen LogP contribution in [0.2, 0.25) is 0 Å². The Labute approximate surface area is 192 Å². The van der Waals surface area contributed by atoms with Gasteiger partial charge in [0.1, 0.15) is 0 Å². The molecule has 1 unspecified atom stereocenters. The Morgan fingerprint density at radius 3 is 2.59 bits per heavy atom. The lowest BCUT2D eigenvalue weighted by atomic mass is 10.0. The van der Waals surface area contributed by atoms with Crippen molar-refractivity contribution in [3.8, 4) is 23.0 Å². The van der Waals surface area contributed by atoms with E-state index >= 15 is 0 Å². The van der Waals surface area contributed by atoms with Crippen molar-refractivity contribution in [2.75, 3.05) is 13.1 Å². The van der Waals surface area contributed by atoms with E-state index in [1.165, 1.54) is 18.2 Å². The molecule has 1 amide bonds. The second kappa shape index (κ2) is 8.36. The molecule has 172 valence electrons. The molecule has 5 rings (SSSR count). The van der Waals surface area contributed by atoms with E-state index in [4.69, 9.17) is 4.42 Å². The van der Waals surface area contributed by atoms with E-state index in [-0.39, 0.29) is 23.5 Å². The highest BCUT2D eigenvalue weighted by molar-refractivity contribution is 5.93. The van der Waals surface area contributed by atoms with Crippen LogP contribution < -0.4 is 0 Å². The highest BCUT2D eigenvalue weighted by atomic mass is 19.4. The summed E-state index contributed by atoms with van der Waals surface area (Å²) in [4.78, 5) is 22.6. The molecule has 1 aliphatic rings. The molecule has 1 fully saturated rings. The molecule has 0 aliphatic carbocycles. The normalized spacial score (nSPS) is 16.2. The number of carbonyl (C=O) groups excluding carboxylic acids is 1. The van der Waals surface area contributed by atoms with Crippen molar-refractivity contribution in [1.82, 2.24) is 25.1 Å². The number of amides is 1. The van der Waals surface area contributed by atoms with Gasteiger partial charge in [-0.05, 0) is 30.7 Å². The number of para-hydroxylation sites is 1. The highest BCUT2D eigenvalue weighted by Crippen LogP contribution is 2.34. The van der Waals surface area contributed by atoms with Crippen LogP contribution in [0.25, 0.3) is 33.9 Å². The fourth-order valence-electron chi connectivity index (χ4n) is 3.99. The summed E-state index contributed by atoms with van der Waals surface area (Å²) in [6, 6.07) is 12.0. The number of benzene rings is 2. The van der Waals surface area contributed by atoms with E-state index in [2.05, 4.69) is 26.7 Å². The van der Waals surface area contributed by atoms with Crippen LogP contribution in [-0.2, 0) is 11.0 Å². The van der Waals surface area contributed by atoms with Crippen LogP contribution in [0.3, 0.4) is 0 Å². The molecule has 0 bridgehead atoms. The Morgan fingerprint density at radius 1 is 1.09 bits per heavy atom. The van der Waals surface area contributed by atoms with Gasteiger partial charge in [0.25, 0.3) is 5.89 Å². The standard InChI is InChI=1S/C24H18F3N5O2/c1-2-19(33)32-12-11-15(13-32)22-30-31-23(34-22)21-28-18-6-4-3-5-17(18)20(29-21)14-7-9-16(10-8-14)24(25,26)27/h2-10,15H,1,11-13H2. The average molecular weight is 465 g/mol. The molecule has 34 heavy (non-hydrogen) atoms. The molecule has 0 saturated carbocycles. The van der Waals surface area contributed by atoms with Gasteiger partial charge in [0.05, 0.1) is 22.7 Å². The number of alkyl halides is 3. The van der Waals surface area contributed by atoms with E-state index < -0.39 is 11.7 Å². The number of nitrogens with zero attached hydrogens (tertiary/aromatic N) is 5. The second-order valence-corrected chi connectivity index (χ2v) is 7.91. The SMILES string of the molecule is C=CC(=O)N1CCC(c2nnc(-c3nc(-c4ccc(C(F)(F)F)cc4)c4ccccc4n3)o2)C1. The summed E-state index contributed by atoms with van der Waals surface area (Å²) in [6.07, 6.45) is -2.48. The Balaban J connectivity index is 1.51. The minimum absolute atomic E-state index is 0.0995. The van der Waals surface area contributed by atoms with E-state index in [1.807, 2.05) is 0 Å². The van der Waals surface area contributed by atoms with Gasteiger partial charge in [-0.2, -0.15) is 13.2 Å². The van der Waals surface area contributed by atoms with E-state index in [1.54, 1.807) is 29.2 Å². The van der Waals surface area contributed by atoms with Crippen LogP contribution in [0.5, 0.6) is 0 Å². The Kier molecular flexibility index (Phi) is 5.35. The molecule has 2 aromatic heterocycles. The molecule has 0 N–H and O–H groups in total. The van der Waals surface area contributed by atoms with Gasteiger partial charge in [0.2, 0.25) is 17.6 Å². The quantitative estimate of drug-likeness (QED) is 0.400. The number of aromatic nitrogens is 4. The number of hydrogen-bond acceptors (Lipinski definition) is 6. The fourth-order valence-corrected chi connectivity index (χ4v) is 3.99. The minimum atomic E-state index is -4.43. The maximum absolute atomic E-state index is 13.0. The molecular weight excluding hydrogens is 447 g/mol. The molecule has 3 heterocycles.